The Morgan fingerprint density at radius 3 is 2.67 bits per heavy atom. The summed E-state index contributed by atoms with van der Waals surface area (Å²) in [7, 11) is 1.49. The first-order valence-electron chi connectivity index (χ1n) is 6.08. The third kappa shape index (κ3) is 2.89. The molecule has 0 aromatic carbocycles. The number of nitrogens with zero attached hydrogens (tertiary/aromatic N) is 4. The molecule has 0 radical (unpaired) electrons. The van der Waals surface area contributed by atoms with Gasteiger partial charge < -0.3 is 10.4 Å². The summed E-state index contributed by atoms with van der Waals surface area (Å²) >= 11 is 5.90. The van der Waals surface area contributed by atoms with E-state index >= 15 is 0 Å². The van der Waals surface area contributed by atoms with Crippen LogP contribution in [0, 0.1) is 6.92 Å². The van der Waals surface area contributed by atoms with Crippen LogP contribution in [0.2, 0.25) is 5.02 Å². The van der Waals surface area contributed by atoms with E-state index in [9.17, 15) is 9.59 Å². The number of hydrogen-bond donors (Lipinski definition) is 2. The molecule has 2 rings (SSSR count). The zero-order valence-electron chi connectivity index (χ0n) is 11.7. The Morgan fingerprint density at radius 2 is 2.14 bits per heavy atom. The molecular weight excluding hydrogens is 298 g/mol. The van der Waals surface area contributed by atoms with Crippen molar-refractivity contribution in [2.75, 3.05) is 5.32 Å². The van der Waals surface area contributed by atoms with Gasteiger partial charge in [0.2, 0.25) is 5.91 Å². The van der Waals surface area contributed by atoms with E-state index in [2.05, 4.69) is 15.5 Å². The number of hydrogen-bond acceptors (Lipinski definition) is 4. The molecule has 0 saturated heterocycles. The first kappa shape index (κ1) is 15.0. The summed E-state index contributed by atoms with van der Waals surface area (Å²) in [6, 6.07) is -0.641. The van der Waals surface area contributed by atoms with Gasteiger partial charge >= 0.3 is 5.97 Å². The van der Waals surface area contributed by atoms with Crippen molar-refractivity contribution in [2.24, 2.45) is 7.05 Å². The lowest BCUT2D eigenvalue weighted by Crippen LogP contribution is -2.25. The molecule has 1 amide bonds. The molecule has 21 heavy (non-hydrogen) atoms. The van der Waals surface area contributed by atoms with Crippen LogP contribution in [0.25, 0.3) is 0 Å². The van der Waals surface area contributed by atoms with E-state index in [1.807, 2.05) is 0 Å². The van der Waals surface area contributed by atoms with Gasteiger partial charge in [0.1, 0.15) is 6.04 Å². The second-order valence-corrected chi connectivity index (χ2v) is 4.95. The Balaban J connectivity index is 2.20. The summed E-state index contributed by atoms with van der Waals surface area (Å²) in [6.45, 7) is 3.36. The second kappa shape index (κ2) is 5.57. The van der Waals surface area contributed by atoms with Gasteiger partial charge in [-0.2, -0.15) is 10.2 Å². The predicted octanol–water partition coefficient (Wildman–Crippen LogP) is 1.48. The Bertz CT molecular complexity index is 686. The molecular formula is C12H14ClN5O3. The maximum Gasteiger partial charge on any atom is 0.356 e. The molecule has 2 aromatic rings. The summed E-state index contributed by atoms with van der Waals surface area (Å²) in [5, 5.41) is 20.0. The quantitative estimate of drug-likeness (QED) is 0.890. The molecule has 2 aromatic heterocycles. The van der Waals surface area contributed by atoms with Crippen LogP contribution in [0.1, 0.15) is 29.1 Å². The number of carbonyl (C=O) groups is 2. The monoisotopic (exact) mass is 311 g/mol. The van der Waals surface area contributed by atoms with E-state index in [-0.39, 0.29) is 11.4 Å². The van der Waals surface area contributed by atoms with Gasteiger partial charge in [-0.05, 0) is 13.8 Å². The number of carbonyl (C=O) groups excluding carboxylic acids is 1. The maximum atomic E-state index is 12.2. The van der Waals surface area contributed by atoms with Gasteiger partial charge in [0.25, 0.3) is 0 Å². The molecule has 2 N–H and O–H groups in total. The standard InChI is InChI=1S/C12H14ClN5O3/c1-6-8(13)5-18(16-6)7(2)11(19)15-9-4-14-17(3)10(9)12(20)21/h4-5,7H,1-3H3,(H,15,19)(H,20,21). The third-order valence-electron chi connectivity index (χ3n) is 3.03. The lowest BCUT2D eigenvalue weighted by Gasteiger charge is -2.12. The Kier molecular flexibility index (Phi) is 3.99. The lowest BCUT2D eigenvalue weighted by molar-refractivity contribution is -0.119. The van der Waals surface area contributed by atoms with Crippen molar-refractivity contribution in [3.63, 3.8) is 0 Å². The van der Waals surface area contributed by atoms with Crippen LogP contribution in [0.4, 0.5) is 5.69 Å². The molecule has 0 aliphatic rings. The van der Waals surface area contributed by atoms with Crippen LogP contribution in [0.15, 0.2) is 12.4 Å². The first-order valence-corrected chi connectivity index (χ1v) is 6.46. The van der Waals surface area contributed by atoms with Gasteiger partial charge in [-0.25, -0.2) is 4.79 Å². The van der Waals surface area contributed by atoms with E-state index in [4.69, 9.17) is 16.7 Å². The highest BCUT2D eigenvalue weighted by molar-refractivity contribution is 6.31. The molecule has 1 atom stereocenters. The first-order chi connectivity index (χ1) is 9.81. The van der Waals surface area contributed by atoms with Crippen LogP contribution in [0.3, 0.4) is 0 Å². The maximum absolute atomic E-state index is 12.2. The SMILES string of the molecule is Cc1nn(C(C)C(=O)Nc2cnn(C)c2C(=O)O)cc1Cl. The fourth-order valence-corrected chi connectivity index (χ4v) is 1.94. The Labute approximate surface area is 125 Å². The number of rotatable bonds is 4. The Hall–Kier alpha value is -2.35. The van der Waals surface area contributed by atoms with Crippen molar-refractivity contribution in [3.05, 3.63) is 28.8 Å². The molecule has 0 bridgehead atoms. The molecule has 112 valence electrons. The van der Waals surface area contributed by atoms with Crippen molar-refractivity contribution >= 4 is 29.2 Å². The van der Waals surface area contributed by atoms with E-state index < -0.39 is 17.9 Å². The predicted molar refractivity (Wildman–Crippen MR) is 75.5 cm³/mol. The van der Waals surface area contributed by atoms with Crippen molar-refractivity contribution in [1.29, 1.82) is 0 Å². The average molecular weight is 312 g/mol. The van der Waals surface area contributed by atoms with Gasteiger partial charge in [0.15, 0.2) is 5.69 Å². The number of aromatic carboxylic acids is 1. The number of carboxylic acid groups (broad SMARTS) is 1. The Morgan fingerprint density at radius 1 is 1.48 bits per heavy atom. The van der Waals surface area contributed by atoms with Gasteiger partial charge in [-0.15, -0.1) is 0 Å². The molecule has 0 saturated carbocycles. The van der Waals surface area contributed by atoms with Gasteiger partial charge in [0.05, 0.1) is 22.6 Å². The minimum absolute atomic E-state index is 0.0924. The van der Waals surface area contributed by atoms with Crippen LogP contribution >= 0.6 is 11.6 Å². The number of carboxylic acids is 1. The smallest absolute Gasteiger partial charge is 0.356 e. The van der Waals surface area contributed by atoms with Crippen molar-refractivity contribution < 1.29 is 14.7 Å². The summed E-state index contributed by atoms with van der Waals surface area (Å²) < 4.78 is 2.60. The fourth-order valence-electron chi connectivity index (χ4n) is 1.80. The second-order valence-electron chi connectivity index (χ2n) is 4.54. The zero-order valence-corrected chi connectivity index (χ0v) is 12.4. The molecule has 0 aliphatic heterocycles. The summed E-state index contributed by atoms with van der Waals surface area (Å²) in [6.07, 6.45) is 2.83. The van der Waals surface area contributed by atoms with Crippen LogP contribution in [-0.4, -0.2) is 36.5 Å². The summed E-state index contributed by atoms with van der Waals surface area (Å²) in [5.74, 6) is -1.58. The number of amides is 1. The highest BCUT2D eigenvalue weighted by Gasteiger charge is 2.22. The highest BCUT2D eigenvalue weighted by Crippen LogP contribution is 2.19. The normalized spacial score (nSPS) is 12.2. The van der Waals surface area contributed by atoms with Crippen molar-refractivity contribution in [3.8, 4) is 0 Å². The third-order valence-corrected chi connectivity index (χ3v) is 3.40. The molecule has 8 nitrogen and oxygen atoms in total. The zero-order chi connectivity index (χ0) is 15.7. The number of aryl methyl sites for hydroxylation is 2. The molecule has 2 heterocycles. The van der Waals surface area contributed by atoms with Gasteiger partial charge in [-0.3, -0.25) is 14.2 Å². The highest BCUT2D eigenvalue weighted by atomic mass is 35.5. The fraction of sp³-hybridized carbons (Fsp3) is 0.333. The minimum Gasteiger partial charge on any atom is -0.476 e. The van der Waals surface area contributed by atoms with Crippen molar-refractivity contribution in [1.82, 2.24) is 19.6 Å². The van der Waals surface area contributed by atoms with Gasteiger partial charge in [0, 0.05) is 13.2 Å². The molecule has 0 spiro atoms. The van der Waals surface area contributed by atoms with Crippen LogP contribution < -0.4 is 5.32 Å². The van der Waals surface area contributed by atoms with E-state index in [1.165, 1.54) is 22.6 Å². The topological polar surface area (TPSA) is 102 Å². The number of anilines is 1. The van der Waals surface area contributed by atoms with E-state index in [0.717, 1.165) is 0 Å². The summed E-state index contributed by atoms with van der Waals surface area (Å²) in [4.78, 5) is 23.3. The minimum atomic E-state index is -1.17. The molecule has 1 unspecified atom stereocenters. The van der Waals surface area contributed by atoms with Crippen molar-refractivity contribution in [2.45, 2.75) is 19.9 Å². The lowest BCUT2D eigenvalue weighted by atomic mass is 10.3. The van der Waals surface area contributed by atoms with Gasteiger partial charge in [-0.1, -0.05) is 11.6 Å². The van der Waals surface area contributed by atoms with Crippen LogP contribution in [0.5, 0.6) is 0 Å². The van der Waals surface area contributed by atoms with E-state index in [1.54, 1.807) is 20.0 Å². The average Bonchev–Trinajstić information content (AvgIpc) is 2.92. The largest absolute Gasteiger partial charge is 0.476 e. The molecule has 0 aliphatic carbocycles. The molecule has 9 heteroatoms. The summed E-state index contributed by atoms with van der Waals surface area (Å²) in [5.41, 5.74) is 0.658. The van der Waals surface area contributed by atoms with E-state index in [0.29, 0.717) is 10.7 Å². The molecule has 0 fully saturated rings. The number of nitrogens with one attached hydrogen (secondary N) is 1. The number of aromatic nitrogens is 4. The number of halogens is 1. The van der Waals surface area contributed by atoms with Crippen LogP contribution in [-0.2, 0) is 11.8 Å².